The zero-order valence-corrected chi connectivity index (χ0v) is 21.2. The second-order valence-corrected chi connectivity index (χ2v) is 10.0. The number of fused-ring (bicyclic) bond motifs is 1. The first-order valence-electron chi connectivity index (χ1n) is 12.8. The maximum Gasteiger partial charge on any atom is 0.252 e. The van der Waals surface area contributed by atoms with Gasteiger partial charge in [-0.05, 0) is 84.5 Å². The van der Waals surface area contributed by atoms with Crippen molar-refractivity contribution in [2.45, 2.75) is 78.0 Å². The van der Waals surface area contributed by atoms with Crippen LogP contribution in [-0.4, -0.2) is 36.1 Å². The Kier molecular flexibility index (Phi) is 6.96. The Balaban J connectivity index is 1.50. The molecule has 1 aliphatic rings. The number of hydrogen-bond acceptors (Lipinski definition) is 5. The largest absolute Gasteiger partial charge is 0.322 e. The van der Waals surface area contributed by atoms with Crippen molar-refractivity contribution in [2.75, 3.05) is 0 Å². The number of tetrazole rings is 1. The molecule has 188 valence electrons. The smallest absolute Gasteiger partial charge is 0.252 e. The average molecular weight is 489 g/mol. The normalized spacial score (nSPS) is 15.2. The van der Waals surface area contributed by atoms with Gasteiger partial charge in [0.15, 0.2) is 5.82 Å². The number of aryl methyl sites for hydroxylation is 2. The number of nitrogens with zero attached hydrogens (tertiary/aromatic N) is 5. The number of aromatic nitrogens is 5. The monoisotopic (exact) mass is 488 g/mol. The molecule has 0 aliphatic heterocycles. The van der Waals surface area contributed by atoms with Crippen molar-refractivity contribution >= 4 is 10.9 Å². The van der Waals surface area contributed by atoms with Crippen LogP contribution in [0, 0.1) is 19.7 Å². The summed E-state index contributed by atoms with van der Waals surface area (Å²) in [4.78, 5) is 18.7. The van der Waals surface area contributed by atoms with Gasteiger partial charge in [-0.2, -0.15) is 0 Å². The Hall–Kier alpha value is -3.39. The minimum Gasteiger partial charge on any atom is -0.322 e. The Morgan fingerprint density at radius 2 is 1.89 bits per heavy atom. The zero-order valence-electron chi connectivity index (χ0n) is 21.2. The fraction of sp³-hybridized carbons (Fsp3) is 0.429. The third-order valence-corrected chi connectivity index (χ3v) is 7.43. The van der Waals surface area contributed by atoms with Crippen LogP contribution in [0.4, 0.5) is 4.39 Å². The summed E-state index contributed by atoms with van der Waals surface area (Å²) in [6, 6.07) is 13.0. The molecule has 2 aromatic heterocycles. The molecule has 5 rings (SSSR count). The Morgan fingerprint density at radius 1 is 1.14 bits per heavy atom. The minimum absolute atomic E-state index is 0.0437. The van der Waals surface area contributed by atoms with Crippen LogP contribution in [0.25, 0.3) is 10.9 Å². The summed E-state index contributed by atoms with van der Waals surface area (Å²) < 4.78 is 15.2. The molecule has 1 atom stereocenters. The standard InChI is InChI=1S/C28H33FN6O/c1-4-26(27-31-32-33-35(27)16-20-9-11-22(29)12-10-20)34(23-7-5-6-8-23)17-21-15-24-19(3)13-18(2)14-25(24)30-28(21)36/h9-15,23,26H,4-8,16-17H2,1-3H3,(H,30,36)/t26-/m1/s1. The molecule has 1 aliphatic carbocycles. The van der Waals surface area contributed by atoms with Gasteiger partial charge in [0.05, 0.1) is 12.6 Å². The lowest BCUT2D eigenvalue weighted by molar-refractivity contribution is 0.112. The second-order valence-electron chi connectivity index (χ2n) is 10.0. The van der Waals surface area contributed by atoms with Gasteiger partial charge in [0.1, 0.15) is 5.82 Å². The van der Waals surface area contributed by atoms with Crippen LogP contribution in [0.15, 0.2) is 47.3 Å². The van der Waals surface area contributed by atoms with E-state index < -0.39 is 0 Å². The number of hydrogen-bond donors (Lipinski definition) is 1. The van der Waals surface area contributed by atoms with Crippen molar-refractivity contribution in [3.05, 3.63) is 86.7 Å². The lowest BCUT2D eigenvalue weighted by Crippen LogP contribution is -2.39. The van der Waals surface area contributed by atoms with Crippen LogP contribution in [0.2, 0.25) is 0 Å². The molecule has 1 N–H and O–H groups in total. The highest BCUT2D eigenvalue weighted by atomic mass is 19.1. The number of H-pyrrole nitrogens is 1. The van der Waals surface area contributed by atoms with Crippen LogP contribution in [-0.2, 0) is 13.1 Å². The molecule has 1 fully saturated rings. The Morgan fingerprint density at radius 3 is 2.61 bits per heavy atom. The van der Waals surface area contributed by atoms with E-state index in [4.69, 9.17) is 0 Å². The highest BCUT2D eigenvalue weighted by molar-refractivity contribution is 5.83. The van der Waals surface area contributed by atoms with Crippen molar-refractivity contribution in [2.24, 2.45) is 0 Å². The SMILES string of the molecule is CC[C@H](c1nnnn1Cc1ccc(F)cc1)N(Cc1cc2c(C)cc(C)cc2[nH]c1=O)C1CCCC1. The molecule has 0 spiro atoms. The van der Waals surface area contributed by atoms with E-state index in [-0.39, 0.29) is 17.4 Å². The van der Waals surface area contributed by atoms with Gasteiger partial charge >= 0.3 is 0 Å². The maximum atomic E-state index is 13.4. The molecule has 0 unspecified atom stereocenters. The van der Waals surface area contributed by atoms with Gasteiger partial charge in [0.25, 0.3) is 5.56 Å². The number of rotatable bonds is 8. The van der Waals surface area contributed by atoms with Crippen molar-refractivity contribution in [1.82, 2.24) is 30.1 Å². The topological polar surface area (TPSA) is 79.7 Å². The van der Waals surface area contributed by atoms with Gasteiger partial charge in [0.2, 0.25) is 0 Å². The Bertz CT molecular complexity index is 1400. The van der Waals surface area contributed by atoms with Gasteiger partial charge < -0.3 is 4.98 Å². The first-order valence-corrected chi connectivity index (χ1v) is 12.8. The fourth-order valence-corrected chi connectivity index (χ4v) is 5.65. The second kappa shape index (κ2) is 10.3. The van der Waals surface area contributed by atoms with Crippen LogP contribution in [0.3, 0.4) is 0 Å². The minimum atomic E-state index is -0.263. The number of nitrogens with one attached hydrogen (secondary N) is 1. The number of pyridine rings is 1. The first-order chi connectivity index (χ1) is 17.4. The third-order valence-electron chi connectivity index (χ3n) is 7.43. The van der Waals surface area contributed by atoms with Crippen molar-refractivity contribution in [3.63, 3.8) is 0 Å². The van der Waals surface area contributed by atoms with E-state index in [9.17, 15) is 9.18 Å². The fourth-order valence-electron chi connectivity index (χ4n) is 5.65. The molecule has 1 saturated carbocycles. The number of benzene rings is 2. The van der Waals surface area contributed by atoms with E-state index in [1.54, 1.807) is 16.8 Å². The molecule has 0 saturated heterocycles. The summed E-state index contributed by atoms with van der Waals surface area (Å²) in [5.74, 6) is 0.512. The van der Waals surface area contributed by atoms with Crippen LogP contribution in [0.5, 0.6) is 0 Å². The van der Waals surface area contributed by atoms with E-state index in [0.29, 0.717) is 19.1 Å². The predicted molar refractivity (Wildman–Crippen MR) is 138 cm³/mol. The van der Waals surface area contributed by atoms with E-state index in [0.717, 1.165) is 58.2 Å². The highest BCUT2D eigenvalue weighted by Gasteiger charge is 2.32. The van der Waals surface area contributed by atoms with Crippen LogP contribution >= 0.6 is 0 Å². The molecule has 0 amide bonds. The maximum absolute atomic E-state index is 13.4. The molecule has 36 heavy (non-hydrogen) atoms. The average Bonchev–Trinajstić information content (AvgIpc) is 3.54. The van der Waals surface area contributed by atoms with Crippen LogP contribution < -0.4 is 5.56 Å². The number of halogens is 1. The zero-order chi connectivity index (χ0) is 25.2. The van der Waals surface area contributed by atoms with Crippen molar-refractivity contribution < 1.29 is 4.39 Å². The quantitative estimate of drug-likeness (QED) is 0.368. The molecule has 7 nitrogen and oxygen atoms in total. The molecular formula is C28H33FN6O. The molecule has 0 bridgehead atoms. The van der Waals surface area contributed by atoms with E-state index >= 15 is 0 Å². The predicted octanol–water partition coefficient (Wildman–Crippen LogP) is 5.21. The van der Waals surface area contributed by atoms with Gasteiger partial charge in [-0.1, -0.05) is 38.0 Å². The van der Waals surface area contributed by atoms with Crippen molar-refractivity contribution in [3.8, 4) is 0 Å². The first kappa shape index (κ1) is 24.3. The molecule has 8 heteroatoms. The van der Waals surface area contributed by atoms with Gasteiger partial charge in [0, 0.05) is 29.1 Å². The lowest BCUT2D eigenvalue weighted by atomic mass is 10.0. The molecule has 0 radical (unpaired) electrons. The summed E-state index contributed by atoms with van der Waals surface area (Å²) in [5, 5.41) is 13.8. The number of aromatic amines is 1. The third kappa shape index (κ3) is 4.95. The Labute approximate surface area is 210 Å². The summed E-state index contributed by atoms with van der Waals surface area (Å²) in [6.07, 6.45) is 5.37. The van der Waals surface area contributed by atoms with Gasteiger partial charge in [-0.25, -0.2) is 9.07 Å². The molecule has 2 aromatic carbocycles. The van der Waals surface area contributed by atoms with E-state index in [1.165, 1.54) is 25.0 Å². The van der Waals surface area contributed by atoms with Crippen LogP contribution in [0.1, 0.15) is 73.1 Å². The summed E-state index contributed by atoms with van der Waals surface area (Å²) in [6.45, 7) is 7.27. The molecule has 2 heterocycles. The van der Waals surface area contributed by atoms with Crippen molar-refractivity contribution in [1.29, 1.82) is 0 Å². The van der Waals surface area contributed by atoms with Gasteiger partial charge in [-0.15, -0.1) is 5.10 Å². The lowest BCUT2D eigenvalue weighted by Gasteiger charge is -2.35. The van der Waals surface area contributed by atoms with E-state index in [2.05, 4.69) is 51.4 Å². The van der Waals surface area contributed by atoms with Gasteiger partial charge in [-0.3, -0.25) is 9.69 Å². The molecule has 4 aromatic rings. The summed E-state index contributed by atoms with van der Waals surface area (Å²) in [7, 11) is 0. The van der Waals surface area contributed by atoms with E-state index in [1.807, 2.05) is 13.0 Å². The highest BCUT2D eigenvalue weighted by Crippen LogP contribution is 2.34. The summed E-state index contributed by atoms with van der Waals surface area (Å²) >= 11 is 0. The molecular weight excluding hydrogens is 455 g/mol. The summed E-state index contributed by atoms with van der Waals surface area (Å²) in [5.41, 5.74) is 4.82.